The number of rotatable bonds is 25. The molecule has 0 N–H and O–H groups in total. The van der Waals surface area contributed by atoms with Crippen LogP contribution in [0, 0.1) is 0 Å². The highest BCUT2D eigenvalue weighted by atomic mass is 28.4. The minimum atomic E-state index is -2.78. The fraction of sp³-hybridized carbons (Fsp3) is 1.00. The highest BCUT2D eigenvalue weighted by molar-refractivity contribution is 6.57. The summed E-state index contributed by atoms with van der Waals surface area (Å²) >= 11 is 0. The first-order chi connectivity index (χ1) is 15.7. The van der Waals surface area contributed by atoms with Gasteiger partial charge in [0.15, 0.2) is 0 Å². The molecule has 0 atom stereocenters. The maximum absolute atomic E-state index is 5.92. The first kappa shape index (κ1) is 32.1. The largest absolute Gasteiger partial charge is 0.599 e. The molecule has 32 heavy (non-hydrogen) atoms. The minimum Gasteiger partial charge on any atom is -0.364 e. The maximum Gasteiger partial charge on any atom is 0.599 e. The third-order valence-corrected chi connectivity index (χ3v) is 9.65. The van der Waals surface area contributed by atoms with E-state index in [0.29, 0.717) is 6.04 Å². The van der Waals surface area contributed by atoms with Gasteiger partial charge in [0.25, 0.3) is 0 Å². The van der Waals surface area contributed by atoms with Crippen molar-refractivity contribution in [2.75, 3.05) is 27.9 Å². The number of hydrogen-bond donors (Lipinski definition) is 0. The predicted octanol–water partition coefficient (Wildman–Crippen LogP) is 8.50. The first-order valence-corrected chi connectivity index (χ1v) is 15.7. The Kier molecular flexibility index (Phi) is 22.9. The lowest BCUT2D eigenvalue weighted by molar-refractivity contribution is 0.0367. The highest BCUT2D eigenvalue weighted by Gasteiger charge is 2.48. The van der Waals surface area contributed by atoms with E-state index in [1.807, 2.05) is 0 Å². The molecule has 0 aromatic carbocycles. The van der Waals surface area contributed by atoms with Gasteiger partial charge in [-0.2, -0.15) is 0 Å². The Bertz CT molecular complexity index is 352. The van der Waals surface area contributed by atoms with Gasteiger partial charge in [-0.25, -0.2) is 0 Å². The molecule has 0 unspecified atom stereocenters. The van der Waals surface area contributed by atoms with Gasteiger partial charge < -0.3 is 13.3 Å². The molecular formula is C27H59NO3Si. The van der Waals surface area contributed by atoms with Crippen molar-refractivity contribution in [3.05, 3.63) is 0 Å². The summed E-state index contributed by atoms with van der Waals surface area (Å²) in [4.78, 5) is 0. The fourth-order valence-electron chi connectivity index (χ4n) is 4.87. The topological polar surface area (TPSA) is 30.9 Å². The Labute approximate surface area is 203 Å². The first-order valence-electron chi connectivity index (χ1n) is 14.1. The SMILES string of the molecule is CCCCCCCCCCC(CCCCCCCCCC)N(CCC)[Si](OC)(OC)OC. The molecule has 0 aliphatic heterocycles. The predicted molar refractivity (Wildman–Crippen MR) is 142 cm³/mol. The molecule has 0 heterocycles. The summed E-state index contributed by atoms with van der Waals surface area (Å²) in [5.41, 5.74) is 0. The van der Waals surface area contributed by atoms with Crippen LogP contribution >= 0.6 is 0 Å². The van der Waals surface area contributed by atoms with Crippen LogP contribution in [0.25, 0.3) is 0 Å². The Hall–Kier alpha value is 0.0569. The van der Waals surface area contributed by atoms with Crippen molar-refractivity contribution in [1.82, 2.24) is 4.57 Å². The van der Waals surface area contributed by atoms with Crippen molar-refractivity contribution in [2.24, 2.45) is 0 Å². The van der Waals surface area contributed by atoms with Gasteiger partial charge >= 0.3 is 8.97 Å². The lowest BCUT2D eigenvalue weighted by Crippen LogP contribution is -2.63. The number of nitrogens with zero attached hydrogens (tertiary/aromatic N) is 1. The van der Waals surface area contributed by atoms with Gasteiger partial charge in [-0.15, -0.1) is 0 Å². The second-order valence-electron chi connectivity index (χ2n) is 9.51. The summed E-state index contributed by atoms with van der Waals surface area (Å²) in [6.45, 7) is 7.81. The normalized spacial score (nSPS) is 12.4. The highest BCUT2D eigenvalue weighted by Crippen LogP contribution is 2.25. The monoisotopic (exact) mass is 473 g/mol. The summed E-state index contributed by atoms with van der Waals surface area (Å²) in [5.74, 6) is 0. The molecule has 0 radical (unpaired) electrons. The van der Waals surface area contributed by atoms with Gasteiger partial charge in [-0.05, 0) is 25.8 Å². The van der Waals surface area contributed by atoms with E-state index in [9.17, 15) is 0 Å². The summed E-state index contributed by atoms with van der Waals surface area (Å²) in [5, 5.41) is 0. The fourth-order valence-corrected chi connectivity index (χ4v) is 7.28. The Morgan fingerprint density at radius 2 is 0.844 bits per heavy atom. The molecule has 0 amide bonds. The Balaban J connectivity index is 4.70. The average molecular weight is 474 g/mol. The second-order valence-corrected chi connectivity index (χ2v) is 12.4. The third kappa shape index (κ3) is 14.3. The second kappa shape index (κ2) is 22.8. The third-order valence-electron chi connectivity index (χ3n) is 6.81. The molecule has 0 aromatic rings. The zero-order chi connectivity index (χ0) is 23.9. The summed E-state index contributed by atoms with van der Waals surface area (Å²) in [6.07, 6.45) is 25.5. The van der Waals surface area contributed by atoms with Crippen molar-refractivity contribution >= 4 is 8.97 Å². The van der Waals surface area contributed by atoms with Crippen LogP contribution in [0.1, 0.15) is 143 Å². The van der Waals surface area contributed by atoms with Crippen LogP contribution in [0.4, 0.5) is 0 Å². The summed E-state index contributed by atoms with van der Waals surface area (Å²) in [7, 11) is 2.49. The van der Waals surface area contributed by atoms with Crippen LogP contribution in [-0.2, 0) is 13.3 Å². The molecule has 0 aliphatic rings. The molecule has 0 spiro atoms. The minimum absolute atomic E-state index is 0.502. The van der Waals surface area contributed by atoms with Crippen molar-refractivity contribution < 1.29 is 13.3 Å². The Morgan fingerprint density at radius 3 is 1.16 bits per heavy atom. The summed E-state index contributed by atoms with van der Waals surface area (Å²) in [6, 6.07) is 0.502. The van der Waals surface area contributed by atoms with Gasteiger partial charge in [-0.1, -0.05) is 124 Å². The molecule has 0 aromatic heterocycles. The van der Waals surface area contributed by atoms with Crippen LogP contribution in [0.2, 0.25) is 0 Å². The van der Waals surface area contributed by atoms with E-state index in [2.05, 4.69) is 25.3 Å². The molecule has 0 fully saturated rings. The van der Waals surface area contributed by atoms with E-state index < -0.39 is 8.97 Å². The van der Waals surface area contributed by atoms with E-state index in [4.69, 9.17) is 13.3 Å². The van der Waals surface area contributed by atoms with Crippen LogP contribution in [-0.4, -0.2) is 47.4 Å². The zero-order valence-electron chi connectivity index (χ0n) is 22.9. The molecule has 0 aliphatic carbocycles. The lowest BCUT2D eigenvalue weighted by atomic mass is 9.99. The van der Waals surface area contributed by atoms with Crippen LogP contribution in [0.3, 0.4) is 0 Å². The van der Waals surface area contributed by atoms with E-state index in [1.165, 1.54) is 116 Å². The Morgan fingerprint density at radius 1 is 0.500 bits per heavy atom. The maximum atomic E-state index is 5.92. The zero-order valence-corrected chi connectivity index (χ0v) is 23.9. The molecule has 0 saturated heterocycles. The number of unbranched alkanes of at least 4 members (excludes halogenated alkanes) is 14. The van der Waals surface area contributed by atoms with Crippen molar-refractivity contribution in [3.63, 3.8) is 0 Å². The number of hydrogen-bond acceptors (Lipinski definition) is 4. The molecule has 5 heteroatoms. The molecule has 4 nitrogen and oxygen atoms in total. The van der Waals surface area contributed by atoms with E-state index in [-0.39, 0.29) is 0 Å². The van der Waals surface area contributed by atoms with Gasteiger partial charge in [0.05, 0.1) is 0 Å². The molecular weight excluding hydrogens is 414 g/mol. The molecule has 0 bridgehead atoms. The average Bonchev–Trinajstić information content (AvgIpc) is 2.82. The van der Waals surface area contributed by atoms with Crippen LogP contribution < -0.4 is 0 Å². The molecule has 194 valence electrons. The van der Waals surface area contributed by atoms with Gasteiger partial charge in [0, 0.05) is 27.4 Å². The lowest BCUT2D eigenvalue weighted by Gasteiger charge is -2.40. The van der Waals surface area contributed by atoms with Crippen molar-refractivity contribution in [1.29, 1.82) is 0 Å². The van der Waals surface area contributed by atoms with E-state index >= 15 is 0 Å². The van der Waals surface area contributed by atoms with Crippen molar-refractivity contribution in [2.45, 2.75) is 149 Å². The standard InChI is InChI=1S/C27H59NO3Si/c1-7-10-12-14-16-18-20-22-24-27(25-23-21-19-17-15-13-11-8-2)28(26-9-3)32(29-4,30-5)31-6/h27H,7-26H2,1-6H3. The van der Waals surface area contributed by atoms with Crippen molar-refractivity contribution in [3.8, 4) is 0 Å². The van der Waals surface area contributed by atoms with Gasteiger partial charge in [0.2, 0.25) is 0 Å². The smallest absolute Gasteiger partial charge is 0.364 e. The quantitative estimate of drug-likeness (QED) is 0.0982. The van der Waals surface area contributed by atoms with Gasteiger partial charge in [0.1, 0.15) is 0 Å². The summed E-state index contributed by atoms with van der Waals surface area (Å²) < 4.78 is 20.2. The van der Waals surface area contributed by atoms with E-state index in [1.54, 1.807) is 21.3 Å². The van der Waals surface area contributed by atoms with Crippen LogP contribution in [0.15, 0.2) is 0 Å². The van der Waals surface area contributed by atoms with Crippen LogP contribution in [0.5, 0.6) is 0 Å². The molecule has 0 saturated carbocycles. The van der Waals surface area contributed by atoms with Gasteiger partial charge in [-0.3, -0.25) is 4.57 Å². The van der Waals surface area contributed by atoms with E-state index in [0.717, 1.165) is 13.0 Å². The molecule has 0 rings (SSSR count).